The first-order valence-electron chi connectivity index (χ1n) is 9.46. The van der Waals surface area contributed by atoms with Gasteiger partial charge in [-0.05, 0) is 45.4 Å². The molecule has 138 valence electrons. The maximum atomic E-state index is 12.0. The highest BCUT2D eigenvalue weighted by Crippen LogP contribution is 2.23. The summed E-state index contributed by atoms with van der Waals surface area (Å²) < 4.78 is 0. The molecular weight excluding hydrogens is 304 g/mol. The van der Waals surface area contributed by atoms with E-state index in [0.29, 0.717) is 30.4 Å². The number of rotatable bonds is 6. The molecule has 1 aliphatic carbocycles. The number of oxime groups is 1. The number of amidine groups is 1. The predicted molar refractivity (Wildman–Crippen MR) is 96.6 cm³/mol. The molecule has 0 aromatic carbocycles. The molecule has 1 aliphatic heterocycles. The number of likely N-dealkylation sites (tertiary alicyclic amines) is 1. The molecular formula is C18H34N4O2. The summed E-state index contributed by atoms with van der Waals surface area (Å²) in [6.07, 6.45) is 8.35. The second-order valence-electron chi connectivity index (χ2n) is 7.59. The fourth-order valence-corrected chi connectivity index (χ4v) is 3.96. The van der Waals surface area contributed by atoms with Crippen LogP contribution in [-0.4, -0.2) is 47.9 Å². The van der Waals surface area contributed by atoms with Crippen LogP contribution in [0, 0.1) is 5.92 Å². The van der Waals surface area contributed by atoms with Gasteiger partial charge in [-0.15, -0.1) is 0 Å². The topological polar surface area (TPSA) is 79.9 Å². The van der Waals surface area contributed by atoms with Gasteiger partial charge in [0.15, 0.2) is 12.4 Å². The summed E-state index contributed by atoms with van der Waals surface area (Å²) in [5.41, 5.74) is 5.97. The zero-order chi connectivity index (χ0) is 17.5. The van der Waals surface area contributed by atoms with E-state index in [1.807, 2.05) is 0 Å². The van der Waals surface area contributed by atoms with Crippen molar-refractivity contribution in [3.63, 3.8) is 0 Å². The van der Waals surface area contributed by atoms with E-state index in [4.69, 9.17) is 10.6 Å². The van der Waals surface area contributed by atoms with E-state index >= 15 is 0 Å². The van der Waals surface area contributed by atoms with Crippen molar-refractivity contribution in [2.75, 3.05) is 13.2 Å². The van der Waals surface area contributed by atoms with Crippen LogP contribution in [0.4, 0.5) is 0 Å². The number of amides is 1. The quantitative estimate of drug-likeness (QED) is 0.442. The zero-order valence-electron chi connectivity index (χ0n) is 15.5. The second kappa shape index (κ2) is 9.25. The minimum absolute atomic E-state index is 0.0605. The largest absolute Gasteiger partial charge is 0.384 e. The Labute approximate surface area is 146 Å². The van der Waals surface area contributed by atoms with E-state index in [1.54, 1.807) is 0 Å². The maximum absolute atomic E-state index is 12.0. The van der Waals surface area contributed by atoms with Gasteiger partial charge in [0, 0.05) is 18.1 Å². The average molecular weight is 338 g/mol. The number of carbonyl (C=O) groups is 1. The monoisotopic (exact) mass is 338 g/mol. The van der Waals surface area contributed by atoms with Crippen molar-refractivity contribution in [2.24, 2.45) is 16.8 Å². The highest BCUT2D eigenvalue weighted by atomic mass is 16.6. The lowest BCUT2D eigenvalue weighted by molar-refractivity contribution is -0.127. The van der Waals surface area contributed by atoms with Gasteiger partial charge >= 0.3 is 0 Å². The standard InChI is InChI=1S/C18H34N4O2/c1-13-7-4-5-10-16(13)20-18(23)12-24-21-17(19)11-22-14(2)8-6-9-15(22)3/h13-16H,4-12H2,1-3H3,(H2,19,21)(H,20,23)/t13-,14+,15+,16+/m1/s1. The first-order chi connectivity index (χ1) is 11.5. The van der Waals surface area contributed by atoms with Crippen LogP contribution in [0.5, 0.6) is 0 Å². The maximum Gasteiger partial charge on any atom is 0.261 e. The SMILES string of the molecule is C[C@@H]1CCCC[C@@H]1NC(=O)CO/N=C(/N)CN1[C@@H](C)CCC[C@@H]1C. The molecule has 6 nitrogen and oxygen atoms in total. The summed E-state index contributed by atoms with van der Waals surface area (Å²) in [6.45, 7) is 7.19. The molecule has 1 saturated carbocycles. The molecule has 2 aliphatic rings. The van der Waals surface area contributed by atoms with Crippen molar-refractivity contribution in [2.45, 2.75) is 83.8 Å². The van der Waals surface area contributed by atoms with Gasteiger partial charge in [-0.3, -0.25) is 9.69 Å². The van der Waals surface area contributed by atoms with Gasteiger partial charge in [-0.25, -0.2) is 0 Å². The summed E-state index contributed by atoms with van der Waals surface area (Å²) in [5, 5.41) is 6.98. The van der Waals surface area contributed by atoms with Crippen molar-refractivity contribution in [1.82, 2.24) is 10.2 Å². The van der Waals surface area contributed by atoms with E-state index < -0.39 is 0 Å². The first-order valence-corrected chi connectivity index (χ1v) is 9.46. The highest BCUT2D eigenvalue weighted by molar-refractivity contribution is 5.82. The van der Waals surface area contributed by atoms with Gasteiger partial charge in [-0.1, -0.05) is 31.3 Å². The number of carbonyl (C=O) groups excluding carboxylic acids is 1. The molecule has 0 radical (unpaired) electrons. The van der Waals surface area contributed by atoms with Crippen molar-refractivity contribution in [3.8, 4) is 0 Å². The van der Waals surface area contributed by atoms with E-state index in [2.05, 4.69) is 36.1 Å². The number of hydrogen-bond acceptors (Lipinski definition) is 4. The molecule has 0 aromatic rings. The van der Waals surface area contributed by atoms with E-state index in [-0.39, 0.29) is 18.6 Å². The van der Waals surface area contributed by atoms with Crippen molar-refractivity contribution < 1.29 is 9.63 Å². The Balaban J connectivity index is 1.71. The highest BCUT2D eigenvalue weighted by Gasteiger charge is 2.25. The van der Waals surface area contributed by atoms with Crippen molar-refractivity contribution >= 4 is 11.7 Å². The molecule has 0 bridgehead atoms. The number of nitrogens with zero attached hydrogens (tertiary/aromatic N) is 2. The molecule has 1 heterocycles. The van der Waals surface area contributed by atoms with Gasteiger partial charge in [0.1, 0.15) is 0 Å². The third kappa shape index (κ3) is 5.65. The molecule has 0 spiro atoms. The molecule has 24 heavy (non-hydrogen) atoms. The summed E-state index contributed by atoms with van der Waals surface area (Å²) in [6, 6.07) is 1.29. The van der Waals surface area contributed by atoms with Crippen LogP contribution < -0.4 is 11.1 Å². The molecule has 1 saturated heterocycles. The third-order valence-electron chi connectivity index (χ3n) is 5.56. The molecule has 2 rings (SSSR count). The summed E-state index contributed by atoms with van der Waals surface area (Å²) in [7, 11) is 0. The average Bonchev–Trinajstić information content (AvgIpc) is 2.53. The Bertz CT molecular complexity index is 431. The Morgan fingerprint density at radius 1 is 1.12 bits per heavy atom. The lowest BCUT2D eigenvalue weighted by atomic mass is 9.86. The molecule has 2 fully saturated rings. The normalized spacial score (nSPS) is 32.4. The van der Waals surface area contributed by atoms with Crippen LogP contribution in [-0.2, 0) is 9.63 Å². The van der Waals surface area contributed by atoms with E-state index in [1.165, 1.54) is 38.5 Å². The second-order valence-corrected chi connectivity index (χ2v) is 7.59. The molecule has 0 aromatic heterocycles. The minimum Gasteiger partial charge on any atom is -0.384 e. The number of nitrogens with one attached hydrogen (secondary N) is 1. The van der Waals surface area contributed by atoms with Crippen molar-refractivity contribution in [3.05, 3.63) is 0 Å². The number of nitrogens with two attached hydrogens (primary N) is 1. The Morgan fingerprint density at radius 2 is 1.79 bits per heavy atom. The van der Waals surface area contributed by atoms with Gasteiger partial charge in [0.05, 0.1) is 6.54 Å². The first kappa shape index (κ1) is 19.0. The van der Waals surface area contributed by atoms with Gasteiger partial charge in [-0.2, -0.15) is 0 Å². The lowest BCUT2D eigenvalue weighted by Gasteiger charge is -2.38. The van der Waals surface area contributed by atoms with Crippen LogP contribution in [0.2, 0.25) is 0 Å². The van der Waals surface area contributed by atoms with Gasteiger partial charge in [0.2, 0.25) is 0 Å². The molecule has 3 N–H and O–H groups in total. The van der Waals surface area contributed by atoms with Gasteiger partial charge < -0.3 is 15.9 Å². The summed E-state index contributed by atoms with van der Waals surface area (Å²) in [4.78, 5) is 19.5. The van der Waals surface area contributed by atoms with E-state index in [9.17, 15) is 4.79 Å². The van der Waals surface area contributed by atoms with Crippen LogP contribution in [0.3, 0.4) is 0 Å². The van der Waals surface area contributed by atoms with E-state index in [0.717, 1.165) is 6.42 Å². The summed E-state index contributed by atoms with van der Waals surface area (Å²) in [5.74, 6) is 0.873. The molecule has 6 heteroatoms. The predicted octanol–water partition coefficient (Wildman–Crippen LogP) is 2.23. The third-order valence-corrected chi connectivity index (χ3v) is 5.56. The smallest absolute Gasteiger partial charge is 0.261 e. The lowest BCUT2D eigenvalue weighted by Crippen LogP contribution is -2.47. The minimum atomic E-state index is -0.106. The fourth-order valence-electron chi connectivity index (χ4n) is 3.96. The van der Waals surface area contributed by atoms with Gasteiger partial charge in [0.25, 0.3) is 5.91 Å². The van der Waals surface area contributed by atoms with Crippen LogP contribution >= 0.6 is 0 Å². The molecule has 4 atom stereocenters. The Hall–Kier alpha value is -1.30. The Morgan fingerprint density at radius 3 is 2.46 bits per heavy atom. The Kier molecular flexibility index (Phi) is 7.34. The van der Waals surface area contributed by atoms with Crippen LogP contribution in [0.15, 0.2) is 5.16 Å². The fraction of sp³-hybridized carbons (Fsp3) is 0.889. The summed E-state index contributed by atoms with van der Waals surface area (Å²) >= 11 is 0. The van der Waals surface area contributed by atoms with Crippen molar-refractivity contribution in [1.29, 1.82) is 0 Å². The zero-order valence-corrected chi connectivity index (χ0v) is 15.5. The number of hydrogen-bond donors (Lipinski definition) is 2. The molecule has 1 amide bonds. The molecule has 0 unspecified atom stereocenters. The van der Waals surface area contributed by atoms with Crippen LogP contribution in [0.25, 0.3) is 0 Å². The number of piperidine rings is 1. The van der Waals surface area contributed by atoms with Crippen LogP contribution in [0.1, 0.15) is 65.7 Å².